The van der Waals surface area contributed by atoms with Gasteiger partial charge in [-0.05, 0) is 61.5 Å². The van der Waals surface area contributed by atoms with E-state index in [-0.39, 0.29) is 30.9 Å². The highest BCUT2D eigenvalue weighted by Crippen LogP contribution is 2.34. The fourth-order valence-electron chi connectivity index (χ4n) is 2.85. The molecule has 0 bridgehead atoms. The highest BCUT2D eigenvalue weighted by molar-refractivity contribution is 8.18. The van der Waals surface area contributed by atoms with Crippen molar-refractivity contribution in [2.45, 2.75) is 13.8 Å². The summed E-state index contributed by atoms with van der Waals surface area (Å²) in [5.74, 6) is 3.82. The van der Waals surface area contributed by atoms with E-state index >= 15 is 0 Å². The van der Waals surface area contributed by atoms with Crippen LogP contribution in [0.1, 0.15) is 18.1 Å². The average Bonchev–Trinajstić information content (AvgIpc) is 3.02. The van der Waals surface area contributed by atoms with Gasteiger partial charge in [-0.25, -0.2) is 0 Å². The van der Waals surface area contributed by atoms with Crippen molar-refractivity contribution in [3.63, 3.8) is 0 Å². The molecule has 160 valence electrons. The fraction of sp³-hybridized carbons (Fsp3) is 0.250. The highest BCUT2D eigenvalue weighted by atomic mass is 32.2. The Bertz CT molecular complexity index is 1020. The Kier molecular flexibility index (Phi) is 7.63. The van der Waals surface area contributed by atoms with Gasteiger partial charge in [-0.1, -0.05) is 29.7 Å². The molecular weight excluding hydrogens is 414 g/mol. The summed E-state index contributed by atoms with van der Waals surface area (Å²) in [6, 6.07) is 12.9. The van der Waals surface area contributed by atoms with E-state index in [0.717, 1.165) is 22.9 Å². The van der Waals surface area contributed by atoms with E-state index < -0.39 is 0 Å². The molecular formula is C24H23NO5S. The molecule has 0 N–H and O–H groups in total. The summed E-state index contributed by atoms with van der Waals surface area (Å²) in [6.07, 6.45) is 6.91. The van der Waals surface area contributed by atoms with Crippen LogP contribution in [0.3, 0.4) is 0 Å². The lowest BCUT2D eigenvalue weighted by Gasteiger charge is -2.13. The van der Waals surface area contributed by atoms with Crippen LogP contribution in [0.5, 0.6) is 17.2 Å². The maximum atomic E-state index is 12.7. The number of thioether (sulfide) groups is 1. The quantitative estimate of drug-likeness (QED) is 0.425. The number of imide groups is 1. The Labute approximate surface area is 186 Å². The summed E-state index contributed by atoms with van der Waals surface area (Å²) in [4.78, 5) is 26.6. The topological polar surface area (TPSA) is 65.1 Å². The van der Waals surface area contributed by atoms with Crippen LogP contribution in [0.4, 0.5) is 4.79 Å². The third-order valence-electron chi connectivity index (χ3n) is 4.35. The summed E-state index contributed by atoms with van der Waals surface area (Å²) in [6.45, 7) is 4.84. The number of hydrogen-bond acceptors (Lipinski definition) is 6. The molecule has 1 saturated heterocycles. The molecule has 2 aromatic carbocycles. The molecule has 2 aromatic rings. The van der Waals surface area contributed by atoms with E-state index in [2.05, 4.69) is 5.92 Å². The maximum Gasteiger partial charge on any atom is 0.293 e. The molecule has 1 fully saturated rings. The van der Waals surface area contributed by atoms with Gasteiger partial charge < -0.3 is 14.2 Å². The SMILES string of the molecule is C#CCOc1ccc(/C=C2\SC(=O)N(CCOc3ccc(C)cc3)C2=O)cc1OCC. The Morgan fingerprint density at radius 2 is 1.84 bits per heavy atom. The number of ether oxygens (including phenoxy) is 3. The molecule has 0 radical (unpaired) electrons. The zero-order chi connectivity index (χ0) is 22.2. The minimum Gasteiger partial charge on any atom is -0.492 e. The summed E-state index contributed by atoms with van der Waals surface area (Å²) in [5.41, 5.74) is 1.85. The molecule has 1 aliphatic heterocycles. The van der Waals surface area contributed by atoms with Gasteiger partial charge in [0.05, 0.1) is 18.1 Å². The van der Waals surface area contributed by atoms with E-state index in [9.17, 15) is 9.59 Å². The van der Waals surface area contributed by atoms with E-state index in [4.69, 9.17) is 20.6 Å². The third kappa shape index (κ3) is 5.83. The van der Waals surface area contributed by atoms with Crippen LogP contribution in [0.15, 0.2) is 47.4 Å². The first-order valence-corrected chi connectivity index (χ1v) is 10.6. The van der Waals surface area contributed by atoms with Gasteiger partial charge in [0, 0.05) is 0 Å². The number of aryl methyl sites for hydroxylation is 1. The Hall–Kier alpha value is -3.37. The van der Waals surface area contributed by atoms with Crippen molar-refractivity contribution in [1.82, 2.24) is 4.90 Å². The van der Waals surface area contributed by atoms with Crippen LogP contribution in [-0.4, -0.2) is 42.4 Å². The summed E-state index contributed by atoms with van der Waals surface area (Å²) < 4.78 is 16.7. The number of carbonyl (C=O) groups excluding carboxylic acids is 2. The summed E-state index contributed by atoms with van der Waals surface area (Å²) in [7, 11) is 0. The number of nitrogens with zero attached hydrogens (tertiary/aromatic N) is 1. The molecule has 0 aliphatic carbocycles. The number of terminal acetylenes is 1. The summed E-state index contributed by atoms with van der Waals surface area (Å²) in [5, 5.41) is -0.317. The van der Waals surface area contributed by atoms with Gasteiger partial charge in [-0.3, -0.25) is 14.5 Å². The zero-order valence-electron chi connectivity index (χ0n) is 17.4. The van der Waals surface area contributed by atoms with Crippen molar-refractivity contribution in [3.8, 4) is 29.6 Å². The molecule has 3 rings (SSSR count). The molecule has 0 unspecified atom stereocenters. The van der Waals surface area contributed by atoms with E-state index in [0.29, 0.717) is 28.8 Å². The molecule has 2 amide bonds. The highest BCUT2D eigenvalue weighted by Gasteiger charge is 2.34. The standard InChI is InChI=1S/C24H23NO5S/c1-4-13-30-20-11-8-18(15-21(20)28-5-2)16-22-23(26)25(24(27)31-22)12-14-29-19-9-6-17(3)7-10-19/h1,6-11,15-16H,5,12-14H2,2-3H3/b22-16-. The summed E-state index contributed by atoms with van der Waals surface area (Å²) >= 11 is 0.907. The number of hydrogen-bond donors (Lipinski definition) is 0. The van der Waals surface area contributed by atoms with Gasteiger partial charge in [0.25, 0.3) is 11.1 Å². The van der Waals surface area contributed by atoms with E-state index in [1.807, 2.05) is 38.1 Å². The molecule has 0 atom stereocenters. The first kappa shape index (κ1) is 22.3. The van der Waals surface area contributed by atoms with Crippen LogP contribution in [0, 0.1) is 19.3 Å². The largest absolute Gasteiger partial charge is 0.492 e. The first-order valence-electron chi connectivity index (χ1n) is 9.79. The van der Waals surface area contributed by atoms with Crippen LogP contribution >= 0.6 is 11.8 Å². The van der Waals surface area contributed by atoms with Crippen molar-refractivity contribution in [1.29, 1.82) is 0 Å². The van der Waals surface area contributed by atoms with Crippen LogP contribution in [0.25, 0.3) is 6.08 Å². The average molecular weight is 438 g/mol. The molecule has 0 saturated carbocycles. The Morgan fingerprint density at radius 1 is 1.06 bits per heavy atom. The van der Waals surface area contributed by atoms with Gasteiger partial charge in [-0.2, -0.15) is 0 Å². The maximum absolute atomic E-state index is 12.7. The molecule has 1 aliphatic rings. The van der Waals surface area contributed by atoms with Crippen molar-refractivity contribution >= 4 is 29.0 Å². The molecule has 0 aromatic heterocycles. The van der Waals surface area contributed by atoms with Gasteiger partial charge in [-0.15, -0.1) is 6.42 Å². The number of amides is 2. The van der Waals surface area contributed by atoms with Gasteiger partial charge >= 0.3 is 0 Å². The second-order valence-corrected chi connectivity index (χ2v) is 7.62. The minimum atomic E-state index is -0.340. The van der Waals surface area contributed by atoms with Crippen molar-refractivity contribution in [2.75, 3.05) is 26.4 Å². The normalized spacial score (nSPS) is 14.6. The molecule has 6 nitrogen and oxygen atoms in total. The van der Waals surface area contributed by atoms with Gasteiger partial charge in [0.2, 0.25) is 0 Å². The lowest BCUT2D eigenvalue weighted by Crippen LogP contribution is -2.32. The molecule has 0 spiro atoms. The predicted molar refractivity (Wildman–Crippen MR) is 121 cm³/mol. The number of benzene rings is 2. The van der Waals surface area contributed by atoms with Crippen molar-refractivity contribution in [3.05, 3.63) is 58.5 Å². The van der Waals surface area contributed by atoms with Gasteiger partial charge in [0.1, 0.15) is 19.0 Å². The predicted octanol–water partition coefficient (Wildman–Crippen LogP) is 4.52. The van der Waals surface area contributed by atoms with Crippen LogP contribution in [0.2, 0.25) is 0 Å². The number of rotatable bonds is 9. The molecule has 7 heteroatoms. The number of carbonyl (C=O) groups is 2. The smallest absolute Gasteiger partial charge is 0.293 e. The van der Waals surface area contributed by atoms with E-state index in [1.165, 1.54) is 4.90 Å². The van der Waals surface area contributed by atoms with Crippen molar-refractivity contribution in [2.24, 2.45) is 0 Å². The second kappa shape index (κ2) is 10.6. The van der Waals surface area contributed by atoms with Crippen molar-refractivity contribution < 1.29 is 23.8 Å². The fourth-order valence-corrected chi connectivity index (χ4v) is 3.72. The lowest BCUT2D eigenvalue weighted by atomic mass is 10.2. The first-order chi connectivity index (χ1) is 15.0. The minimum absolute atomic E-state index is 0.128. The van der Waals surface area contributed by atoms with Crippen LogP contribution in [-0.2, 0) is 4.79 Å². The Balaban J connectivity index is 1.67. The second-order valence-electron chi connectivity index (χ2n) is 6.63. The monoisotopic (exact) mass is 437 g/mol. The van der Waals surface area contributed by atoms with E-state index in [1.54, 1.807) is 24.3 Å². The van der Waals surface area contributed by atoms with Crippen LogP contribution < -0.4 is 14.2 Å². The Morgan fingerprint density at radius 3 is 2.55 bits per heavy atom. The molecule has 31 heavy (non-hydrogen) atoms. The lowest BCUT2D eigenvalue weighted by molar-refractivity contribution is -0.123. The van der Waals surface area contributed by atoms with Gasteiger partial charge in [0.15, 0.2) is 11.5 Å². The molecule has 1 heterocycles. The zero-order valence-corrected chi connectivity index (χ0v) is 18.2. The third-order valence-corrected chi connectivity index (χ3v) is 5.26.